The Morgan fingerprint density at radius 2 is 1.89 bits per heavy atom. The molecule has 2 aliphatic rings. The number of aryl methyl sites for hydroxylation is 1. The van der Waals surface area contributed by atoms with Crippen LogP contribution >= 0.6 is 0 Å². The minimum Gasteiger partial charge on any atom is -0.368 e. The molecule has 6 nitrogen and oxygen atoms in total. The number of carbonyl (C=O) groups is 1. The molecule has 1 atom stereocenters. The molecule has 3 heterocycles. The summed E-state index contributed by atoms with van der Waals surface area (Å²) in [5, 5.41) is 8.67. The van der Waals surface area contributed by atoms with Crippen LogP contribution in [0.3, 0.4) is 0 Å². The number of hydrogen-bond donors (Lipinski definition) is 0. The number of ether oxygens (including phenoxy) is 1. The fraction of sp³-hybridized carbons (Fsp3) is 0.381. The van der Waals surface area contributed by atoms with E-state index in [4.69, 9.17) is 4.74 Å². The van der Waals surface area contributed by atoms with Crippen LogP contribution in [0.4, 0.5) is 0 Å². The highest BCUT2D eigenvalue weighted by molar-refractivity contribution is 5.81. The third-order valence-corrected chi connectivity index (χ3v) is 5.43. The molecule has 6 heteroatoms. The van der Waals surface area contributed by atoms with Crippen LogP contribution in [0.5, 0.6) is 0 Å². The van der Waals surface area contributed by atoms with Crippen molar-refractivity contribution in [3.8, 4) is 11.1 Å². The monoisotopic (exact) mass is 362 g/mol. The molecular weight excluding hydrogens is 340 g/mol. The Labute approximate surface area is 157 Å². The average molecular weight is 362 g/mol. The third kappa shape index (κ3) is 3.10. The third-order valence-electron chi connectivity index (χ3n) is 5.43. The van der Waals surface area contributed by atoms with E-state index in [9.17, 15) is 4.79 Å². The standard InChI is InChI=1S/C21H22N4O2/c1-14-2-4-15(5-3-14)17-8-9-18-20(22-23-25(18)12-17)19-13-24(10-11-27-19)21(26)16-6-7-16/h2-5,8-9,12,16,19H,6-7,10-11,13H2,1H3. The number of carbonyl (C=O) groups excluding carboxylic acids is 1. The smallest absolute Gasteiger partial charge is 0.225 e. The normalized spacial score (nSPS) is 20.2. The van der Waals surface area contributed by atoms with Gasteiger partial charge in [0.2, 0.25) is 5.91 Å². The quantitative estimate of drug-likeness (QED) is 0.719. The largest absolute Gasteiger partial charge is 0.368 e. The molecule has 27 heavy (non-hydrogen) atoms. The average Bonchev–Trinajstić information content (AvgIpc) is 3.47. The first-order valence-electron chi connectivity index (χ1n) is 9.51. The van der Waals surface area contributed by atoms with Crippen molar-refractivity contribution < 1.29 is 9.53 Å². The highest BCUT2D eigenvalue weighted by Crippen LogP contribution is 2.33. The summed E-state index contributed by atoms with van der Waals surface area (Å²) < 4.78 is 7.73. The maximum absolute atomic E-state index is 12.4. The second-order valence-electron chi connectivity index (χ2n) is 7.51. The lowest BCUT2D eigenvalue weighted by atomic mass is 10.1. The Hall–Kier alpha value is -2.73. The van der Waals surface area contributed by atoms with Crippen molar-refractivity contribution >= 4 is 11.4 Å². The van der Waals surface area contributed by atoms with Gasteiger partial charge in [-0.1, -0.05) is 41.1 Å². The van der Waals surface area contributed by atoms with E-state index in [1.54, 1.807) is 4.52 Å². The molecule has 5 rings (SSSR count). The fourth-order valence-corrected chi connectivity index (χ4v) is 3.66. The second-order valence-corrected chi connectivity index (χ2v) is 7.51. The molecule has 0 spiro atoms. The van der Waals surface area contributed by atoms with E-state index < -0.39 is 0 Å². The first-order chi connectivity index (χ1) is 13.2. The summed E-state index contributed by atoms with van der Waals surface area (Å²) in [5.74, 6) is 0.499. The molecule has 1 aliphatic heterocycles. The summed E-state index contributed by atoms with van der Waals surface area (Å²) in [7, 11) is 0. The van der Waals surface area contributed by atoms with Gasteiger partial charge < -0.3 is 9.64 Å². The van der Waals surface area contributed by atoms with Gasteiger partial charge in [-0.2, -0.15) is 0 Å². The van der Waals surface area contributed by atoms with E-state index in [1.165, 1.54) is 5.56 Å². The van der Waals surface area contributed by atoms with Crippen LogP contribution in [0, 0.1) is 12.8 Å². The highest BCUT2D eigenvalue weighted by Gasteiger charge is 2.36. The topological polar surface area (TPSA) is 59.7 Å². The van der Waals surface area contributed by atoms with Crippen molar-refractivity contribution in [3.63, 3.8) is 0 Å². The first kappa shape index (κ1) is 16.4. The van der Waals surface area contributed by atoms with E-state index in [0.717, 1.165) is 35.2 Å². The summed E-state index contributed by atoms with van der Waals surface area (Å²) in [6, 6.07) is 12.6. The lowest BCUT2D eigenvalue weighted by molar-refractivity contribution is -0.140. The van der Waals surface area contributed by atoms with Gasteiger partial charge in [0, 0.05) is 24.2 Å². The van der Waals surface area contributed by atoms with Crippen molar-refractivity contribution in [3.05, 3.63) is 53.9 Å². The van der Waals surface area contributed by atoms with Crippen molar-refractivity contribution in [1.82, 2.24) is 19.7 Å². The molecule has 1 aromatic carbocycles. The first-order valence-corrected chi connectivity index (χ1v) is 9.51. The number of nitrogens with zero attached hydrogens (tertiary/aromatic N) is 4. The summed E-state index contributed by atoms with van der Waals surface area (Å²) >= 11 is 0. The highest BCUT2D eigenvalue weighted by atomic mass is 16.5. The molecule has 1 aliphatic carbocycles. The Morgan fingerprint density at radius 1 is 1.11 bits per heavy atom. The maximum Gasteiger partial charge on any atom is 0.225 e. The molecule has 0 bridgehead atoms. The van der Waals surface area contributed by atoms with Crippen LogP contribution in [0.15, 0.2) is 42.6 Å². The zero-order chi connectivity index (χ0) is 18.4. The number of rotatable bonds is 3. The van der Waals surface area contributed by atoms with E-state index in [1.807, 2.05) is 17.2 Å². The molecule has 0 N–H and O–H groups in total. The van der Waals surface area contributed by atoms with Gasteiger partial charge in [-0.3, -0.25) is 4.79 Å². The van der Waals surface area contributed by atoms with Crippen LogP contribution in [0.25, 0.3) is 16.6 Å². The zero-order valence-corrected chi connectivity index (χ0v) is 15.3. The van der Waals surface area contributed by atoms with E-state index >= 15 is 0 Å². The Balaban J connectivity index is 1.42. The lowest BCUT2D eigenvalue weighted by Crippen LogP contribution is -2.43. The molecular formula is C21H22N4O2. The van der Waals surface area contributed by atoms with Gasteiger partial charge >= 0.3 is 0 Å². The van der Waals surface area contributed by atoms with Crippen LogP contribution in [0.2, 0.25) is 0 Å². The van der Waals surface area contributed by atoms with Crippen molar-refractivity contribution in [1.29, 1.82) is 0 Å². The van der Waals surface area contributed by atoms with Gasteiger partial charge in [0.1, 0.15) is 11.8 Å². The number of amides is 1. The van der Waals surface area contributed by atoms with Gasteiger partial charge in [0.15, 0.2) is 0 Å². The molecule has 1 saturated heterocycles. The number of aromatic nitrogens is 3. The number of hydrogen-bond acceptors (Lipinski definition) is 4. The summed E-state index contributed by atoms with van der Waals surface area (Å²) in [4.78, 5) is 14.3. The Kier molecular flexibility index (Phi) is 3.93. The van der Waals surface area contributed by atoms with Crippen molar-refractivity contribution in [2.75, 3.05) is 19.7 Å². The minimum atomic E-state index is -0.218. The molecule has 3 aromatic rings. The van der Waals surface area contributed by atoms with Gasteiger partial charge in [-0.15, -0.1) is 5.10 Å². The maximum atomic E-state index is 12.4. The molecule has 1 unspecified atom stereocenters. The number of morpholine rings is 1. The van der Waals surface area contributed by atoms with E-state index in [-0.39, 0.29) is 17.9 Å². The van der Waals surface area contributed by atoms with Crippen LogP contribution < -0.4 is 0 Å². The number of fused-ring (bicyclic) bond motifs is 1. The molecule has 138 valence electrons. The van der Waals surface area contributed by atoms with E-state index in [0.29, 0.717) is 19.7 Å². The zero-order valence-electron chi connectivity index (χ0n) is 15.3. The van der Waals surface area contributed by atoms with Gasteiger partial charge in [-0.05, 0) is 31.4 Å². The Bertz CT molecular complexity index is 991. The van der Waals surface area contributed by atoms with Gasteiger partial charge in [0.05, 0.1) is 18.7 Å². The second kappa shape index (κ2) is 6.46. The molecule has 1 saturated carbocycles. The molecule has 1 amide bonds. The lowest BCUT2D eigenvalue weighted by Gasteiger charge is -2.32. The Morgan fingerprint density at radius 3 is 2.67 bits per heavy atom. The molecule has 2 fully saturated rings. The fourth-order valence-electron chi connectivity index (χ4n) is 3.66. The van der Waals surface area contributed by atoms with Crippen LogP contribution in [-0.2, 0) is 9.53 Å². The van der Waals surface area contributed by atoms with Crippen LogP contribution in [-0.4, -0.2) is 45.3 Å². The SMILES string of the molecule is Cc1ccc(-c2ccc3c(C4CN(C(=O)C5CC5)CCO4)nnn3c2)cc1. The predicted molar refractivity (Wildman–Crippen MR) is 101 cm³/mol. The molecule has 2 aromatic heterocycles. The number of pyridine rings is 1. The molecule has 0 radical (unpaired) electrons. The van der Waals surface area contributed by atoms with E-state index in [2.05, 4.69) is 47.6 Å². The minimum absolute atomic E-state index is 0.218. The predicted octanol–water partition coefficient (Wildman–Crippen LogP) is 3.01. The van der Waals surface area contributed by atoms with Crippen LogP contribution in [0.1, 0.15) is 30.2 Å². The van der Waals surface area contributed by atoms with Crippen molar-refractivity contribution in [2.24, 2.45) is 5.92 Å². The summed E-state index contributed by atoms with van der Waals surface area (Å²) in [6.07, 6.45) is 3.82. The summed E-state index contributed by atoms with van der Waals surface area (Å²) in [5.41, 5.74) is 5.21. The van der Waals surface area contributed by atoms with Crippen molar-refractivity contribution in [2.45, 2.75) is 25.9 Å². The number of benzene rings is 1. The van der Waals surface area contributed by atoms with Gasteiger partial charge in [-0.25, -0.2) is 4.52 Å². The van der Waals surface area contributed by atoms with Gasteiger partial charge in [0.25, 0.3) is 0 Å². The summed E-state index contributed by atoms with van der Waals surface area (Å²) in [6.45, 7) is 3.85.